The molecule has 0 radical (unpaired) electrons. The Morgan fingerprint density at radius 2 is 2.45 bits per heavy atom. The average molecular weight is 172 g/mol. The Balaban J connectivity index is 3.12. The summed E-state index contributed by atoms with van der Waals surface area (Å²) in [5.74, 6) is -0.948. The lowest BCUT2D eigenvalue weighted by atomic mass is 10.4. The number of carbonyl (C=O) groups is 1. The fourth-order valence-electron chi connectivity index (χ4n) is 0.776. The van der Waals surface area contributed by atoms with Crippen LogP contribution < -0.4 is 5.73 Å². The average Bonchev–Trinajstić information content (AvgIpc) is 2.30. The number of carboxylic acids is 1. The van der Waals surface area contributed by atoms with Crippen molar-refractivity contribution in [3.8, 4) is 0 Å². The molecule has 0 amide bonds. The third-order valence-electron chi connectivity index (χ3n) is 1.19. The molecule has 4 nitrogen and oxygen atoms in total. The van der Waals surface area contributed by atoms with Gasteiger partial charge >= 0.3 is 5.97 Å². The fourth-order valence-corrected chi connectivity index (χ4v) is 1.56. The van der Waals surface area contributed by atoms with E-state index in [0.29, 0.717) is 5.69 Å². The zero-order chi connectivity index (χ0) is 8.43. The molecule has 1 heterocycles. The van der Waals surface area contributed by atoms with Gasteiger partial charge in [0.1, 0.15) is 4.88 Å². The van der Waals surface area contributed by atoms with E-state index >= 15 is 0 Å². The zero-order valence-corrected chi connectivity index (χ0v) is 6.81. The first-order chi connectivity index (χ1) is 5.15. The summed E-state index contributed by atoms with van der Waals surface area (Å²) in [7, 11) is 0. The Morgan fingerprint density at radius 3 is 2.82 bits per heavy atom. The highest BCUT2D eigenvalue weighted by Crippen LogP contribution is 2.16. The van der Waals surface area contributed by atoms with E-state index in [9.17, 15) is 4.79 Å². The van der Waals surface area contributed by atoms with E-state index in [0.717, 1.165) is 16.3 Å². The van der Waals surface area contributed by atoms with Crippen LogP contribution in [0.4, 0.5) is 0 Å². The van der Waals surface area contributed by atoms with E-state index in [1.54, 1.807) is 6.92 Å². The highest BCUT2D eigenvalue weighted by atomic mass is 32.1. The van der Waals surface area contributed by atoms with Crippen molar-refractivity contribution < 1.29 is 9.90 Å². The lowest BCUT2D eigenvalue weighted by Crippen LogP contribution is -2.04. The van der Waals surface area contributed by atoms with Crippen LogP contribution in [0.1, 0.15) is 20.4 Å². The Labute approximate surface area is 67.7 Å². The minimum atomic E-state index is -0.948. The van der Waals surface area contributed by atoms with Crippen molar-refractivity contribution in [1.82, 2.24) is 4.98 Å². The molecule has 5 heteroatoms. The molecule has 0 unspecified atom stereocenters. The van der Waals surface area contributed by atoms with E-state index in [1.807, 2.05) is 0 Å². The molecule has 0 atom stereocenters. The lowest BCUT2D eigenvalue weighted by Gasteiger charge is -1.89. The normalized spacial score (nSPS) is 10.0. The van der Waals surface area contributed by atoms with Crippen molar-refractivity contribution >= 4 is 17.3 Å². The molecule has 3 N–H and O–H groups in total. The molecule has 0 fully saturated rings. The van der Waals surface area contributed by atoms with Crippen LogP contribution in [-0.4, -0.2) is 16.1 Å². The van der Waals surface area contributed by atoms with Crippen LogP contribution in [0.5, 0.6) is 0 Å². The quantitative estimate of drug-likeness (QED) is 0.685. The largest absolute Gasteiger partial charge is 0.477 e. The fraction of sp³-hybridized carbons (Fsp3) is 0.333. The van der Waals surface area contributed by atoms with Gasteiger partial charge in [-0.3, -0.25) is 0 Å². The molecule has 0 saturated heterocycles. The Kier molecular flexibility index (Phi) is 2.21. The first kappa shape index (κ1) is 8.16. The molecule has 1 rings (SSSR count). The zero-order valence-electron chi connectivity index (χ0n) is 6.00. The minimum Gasteiger partial charge on any atom is -0.477 e. The molecule has 0 aliphatic heterocycles. The van der Waals surface area contributed by atoms with Crippen LogP contribution in [0.3, 0.4) is 0 Å². The first-order valence-corrected chi connectivity index (χ1v) is 3.86. The molecule has 11 heavy (non-hydrogen) atoms. The third-order valence-corrected chi connectivity index (χ3v) is 2.19. The lowest BCUT2D eigenvalue weighted by molar-refractivity contribution is 0.0701. The van der Waals surface area contributed by atoms with Crippen molar-refractivity contribution in [2.75, 3.05) is 0 Å². The summed E-state index contributed by atoms with van der Waals surface area (Å²) < 4.78 is 0. The minimum absolute atomic E-state index is 0.186. The van der Waals surface area contributed by atoms with E-state index in [4.69, 9.17) is 10.8 Å². The van der Waals surface area contributed by atoms with Crippen LogP contribution in [0.15, 0.2) is 0 Å². The van der Waals surface area contributed by atoms with Gasteiger partial charge in [-0.15, -0.1) is 11.3 Å². The second-order valence-corrected chi connectivity index (χ2v) is 3.22. The Hall–Kier alpha value is -0.940. The first-order valence-electron chi connectivity index (χ1n) is 3.04. The predicted octanol–water partition coefficient (Wildman–Crippen LogP) is 0.608. The molecular weight excluding hydrogens is 164 g/mol. The van der Waals surface area contributed by atoms with Gasteiger partial charge in [0, 0.05) is 6.54 Å². The summed E-state index contributed by atoms with van der Waals surface area (Å²) in [6.45, 7) is 1.95. The van der Waals surface area contributed by atoms with Gasteiger partial charge < -0.3 is 10.8 Å². The summed E-state index contributed by atoms with van der Waals surface area (Å²) in [6.07, 6.45) is 0. The number of rotatable bonds is 2. The standard InChI is InChI=1S/C6H8N2O2S/c1-3-8-4(2-7)5(11-3)6(9)10/h2,7H2,1H3,(H,9,10). The predicted molar refractivity (Wildman–Crippen MR) is 41.7 cm³/mol. The van der Waals surface area contributed by atoms with Crippen LogP contribution in [0.2, 0.25) is 0 Å². The highest BCUT2D eigenvalue weighted by Gasteiger charge is 2.13. The molecule has 0 saturated carbocycles. The highest BCUT2D eigenvalue weighted by molar-refractivity contribution is 7.13. The number of aryl methyl sites for hydroxylation is 1. The van der Waals surface area contributed by atoms with Gasteiger partial charge in [-0.05, 0) is 6.92 Å². The van der Waals surface area contributed by atoms with E-state index in [1.165, 1.54) is 0 Å². The second-order valence-electron chi connectivity index (χ2n) is 2.02. The number of carboxylic acid groups (broad SMARTS) is 1. The Morgan fingerprint density at radius 1 is 1.82 bits per heavy atom. The number of nitrogens with zero attached hydrogens (tertiary/aromatic N) is 1. The molecule has 1 aromatic heterocycles. The number of thiazole rings is 1. The monoisotopic (exact) mass is 172 g/mol. The molecule has 0 aliphatic carbocycles. The maximum Gasteiger partial charge on any atom is 0.347 e. The van der Waals surface area contributed by atoms with Crippen molar-refractivity contribution in [3.05, 3.63) is 15.6 Å². The van der Waals surface area contributed by atoms with Crippen LogP contribution in [-0.2, 0) is 6.54 Å². The number of aromatic carboxylic acids is 1. The summed E-state index contributed by atoms with van der Waals surface area (Å²) in [5.41, 5.74) is 5.75. The van der Waals surface area contributed by atoms with Gasteiger partial charge in [-0.1, -0.05) is 0 Å². The number of aromatic nitrogens is 1. The van der Waals surface area contributed by atoms with Gasteiger partial charge in [0.2, 0.25) is 0 Å². The van der Waals surface area contributed by atoms with Gasteiger partial charge in [0.05, 0.1) is 10.7 Å². The Bertz CT molecular complexity index is 282. The van der Waals surface area contributed by atoms with Crippen molar-refractivity contribution in [2.24, 2.45) is 5.73 Å². The number of hydrogen-bond acceptors (Lipinski definition) is 4. The molecule has 0 aromatic carbocycles. The maximum atomic E-state index is 10.5. The van der Waals surface area contributed by atoms with Crippen molar-refractivity contribution in [1.29, 1.82) is 0 Å². The van der Waals surface area contributed by atoms with E-state index in [2.05, 4.69) is 4.98 Å². The summed E-state index contributed by atoms with van der Waals surface area (Å²) in [4.78, 5) is 14.7. The molecule has 1 aromatic rings. The topological polar surface area (TPSA) is 76.2 Å². The molecule has 0 spiro atoms. The molecule has 60 valence electrons. The summed E-state index contributed by atoms with van der Waals surface area (Å²) >= 11 is 1.16. The van der Waals surface area contributed by atoms with Crippen molar-refractivity contribution in [3.63, 3.8) is 0 Å². The van der Waals surface area contributed by atoms with Crippen molar-refractivity contribution in [2.45, 2.75) is 13.5 Å². The maximum absolute atomic E-state index is 10.5. The third kappa shape index (κ3) is 1.55. The number of hydrogen-bond donors (Lipinski definition) is 2. The molecule has 0 aliphatic rings. The van der Waals surface area contributed by atoms with Gasteiger partial charge in [-0.2, -0.15) is 0 Å². The SMILES string of the molecule is Cc1nc(CN)c(C(=O)O)s1. The molecular formula is C6H8N2O2S. The van der Waals surface area contributed by atoms with Gasteiger partial charge in [0.25, 0.3) is 0 Å². The summed E-state index contributed by atoms with van der Waals surface area (Å²) in [6, 6.07) is 0. The van der Waals surface area contributed by atoms with Crippen LogP contribution in [0, 0.1) is 6.92 Å². The number of nitrogens with two attached hydrogens (primary N) is 1. The van der Waals surface area contributed by atoms with Gasteiger partial charge in [0.15, 0.2) is 0 Å². The summed E-state index contributed by atoms with van der Waals surface area (Å²) in [5, 5.41) is 9.36. The van der Waals surface area contributed by atoms with E-state index in [-0.39, 0.29) is 11.4 Å². The smallest absolute Gasteiger partial charge is 0.347 e. The van der Waals surface area contributed by atoms with Crippen LogP contribution in [0.25, 0.3) is 0 Å². The van der Waals surface area contributed by atoms with E-state index < -0.39 is 5.97 Å². The molecule has 0 bridgehead atoms. The van der Waals surface area contributed by atoms with Gasteiger partial charge in [-0.25, -0.2) is 9.78 Å². The second kappa shape index (κ2) is 2.98. The van der Waals surface area contributed by atoms with Crippen LogP contribution >= 0.6 is 11.3 Å².